The fourth-order valence-electron chi connectivity index (χ4n) is 2.75. The maximum absolute atomic E-state index is 4.54. The summed E-state index contributed by atoms with van der Waals surface area (Å²) in [6, 6.07) is 9.19. The molecular formula is C17H25N3. The van der Waals surface area contributed by atoms with Crippen LogP contribution in [0.2, 0.25) is 0 Å². The quantitative estimate of drug-likeness (QED) is 0.904. The summed E-state index contributed by atoms with van der Waals surface area (Å²) >= 11 is 0. The Morgan fingerprint density at radius 3 is 2.60 bits per heavy atom. The van der Waals surface area contributed by atoms with Crippen molar-refractivity contribution in [3.63, 3.8) is 0 Å². The van der Waals surface area contributed by atoms with Gasteiger partial charge in [0.05, 0.1) is 5.69 Å². The first-order chi connectivity index (χ1) is 9.55. The summed E-state index contributed by atoms with van der Waals surface area (Å²) in [7, 11) is 2.03. The molecule has 20 heavy (non-hydrogen) atoms. The van der Waals surface area contributed by atoms with Crippen molar-refractivity contribution < 1.29 is 0 Å². The van der Waals surface area contributed by atoms with Gasteiger partial charge in [-0.05, 0) is 51.9 Å². The van der Waals surface area contributed by atoms with Crippen molar-refractivity contribution in [2.75, 3.05) is 7.05 Å². The highest BCUT2D eigenvalue weighted by atomic mass is 15.3. The van der Waals surface area contributed by atoms with Crippen molar-refractivity contribution in [2.24, 2.45) is 0 Å². The van der Waals surface area contributed by atoms with Gasteiger partial charge in [-0.1, -0.05) is 23.8 Å². The number of aromatic nitrogens is 2. The van der Waals surface area contributed by atoms with E-state index in [2.05, 4.69) is 67.1 Å². The Kier molecular flexibility index (Phi) is 4.61. The minimum absolute atomic E-state index is 0.330. The van der Waals surface area contributed by atoms with Crippen LogP contribution in [0.25, 0.3) is 0 Å². The molecule has 1 heterocycles. The molecule has 3 heteroatoms. The molecular weight excluding hydrogens is 246 g/mol. The monoisotopic (exact) mass is 271 g/mol. The van der Waals surface area contributed by atoms with Gasteiger partial charge in [-0.25, -0.2) is 0 Å². The summed E-state index contributed by atoms with van der Waals surface area (Å²) in [6.45, 7) is 9.45. The van der Waals surface area contributed by atoms with E-state index in [4.69, 9.17) is 0 Å². The van der Waals surface area contributed by atoms with E-state index in [9.17, 15) is 0 Å². The highest BCUT2D eigenvalue weighted by molar-refractivity contribution is 5.34. The van der Waals surface area contributed by atoms with E-state index < -0.39 is 0 Å². The smallest absolute Gasteiger partial charge is 0.0596 e. The van der Waals surface area contributed by atoms with Crippen LogP contribution in [0.4, 0.5) is 0 Å². The molecule has 1 unspecified atom stereocenters. The van der Waals surface area contributed by atoms with Gasteiger partial charge >= 0.3 is 0 Å². The van der Waals surface area contributed by atoms with Crippen LogP contribution in [0.5, 0.6) is 0 Å². The van der Waals surface area contributed by atoms with Crippen molar-refractivity contribution in [1.29, 1.82) is 0 Å². The van der Waals surface area contributed by atoms with E-state index in [1.165, 1.54) is 22.4 Å². The van der Waals surface area contributed by atoms with Gasteiger partial charge in [-0.15, -0.1) is 0 Å². The highest BCUT2D eigenvalue weighted by Crippen LogP contribution is 2.23. The van der Waals surface area contributed by atoms with Crippen LogP contribution in [-0.2, 0) is 13.0 Å². The van der Waals surface area contributed by atoms with E-state index >= 15 is 0 Å². The summed E-state index contributed by atoms with van der Waals surface area (Å²) in [4.78, 5) is 0. The van der Waals surface area contributed by atoms with Crippen molar-refractivity contribution in [1.82, 2.24) is 15.1 Å². The van der Waals surface area contributed by atoms with Gasteiger partial charge in [0.1, 0.15) is 0 Å². The van der Waals surface area contributed by atoms with Gasteiger partial charge in [0.25, 0.3) is 0 Å². The molecule has 2 aromatic rings. The van der Waals surface area contributed by atoms with Gasteiger partial charge in [0.15, 0.2) is 0 Å². The van der Waals surface area contributed by atoms with E-state index in [1.54, 1.807) is 0 Å². The highest BCUT2D eigenvalue weighted by Gasteiger charge is 2.15. The number of likely N-dealkylation sites (N-methyl/N-ethyl adjacent to an activating group) is 1. The number of hydrogen-bond donors (Lipinski definition) is 1. The summed E-state index contributed by atoms with van der Waals surface area (Å²) in [6.07, 6.45) is 0.968. The number of hydrogen-bond acceptors (Lipinski definition) is 2. The second-order valence-corrected chi connectivity index (χ2v) is 5.50. The summed E-state index contributed by atoms with van der Waals surface area (Å²) in [5.74, 6) is 0. The largest absolute Gasteiger partial charge is 0.313 e. The fourth-order valence-corrected chi connectivity index (χ4v) is 2.75. The molecule has 0 bridgehead atoms. The zero-order chi connectivity index (χ0) is 14.7. The molecule has 0 amide bonds. The number of nitrogens with zero attached hydrogens (tertiary/aromatic N) is 2. The number of benzene rings is 1. The van der Waals surface area contributed by atoms with E-state index in [0.29, 0.717) is 6.04 Å². The first-order valence-electron chi connectivity index (χ1n) is 7.33. The lowest BCUT2D eigenvalue weighted by Gasteiger charge is -2.20. The topological polar surface area (TPSA) is 29.9 Å². The molecule has 2 rings (SSSR count). The second kappa shape index (κ2) is 6.23. The lowest BCUT2D eigenvalue weighted by molar-refractivity contribution is 0.539. The molecule has 1 aromatic heterocycles. The van der Waals surface area contributed by atoms with E-state index in [-0.39, 0.29) is 0 Å². The Balaban J connectivity index is 2.30. The normalized spacial score (nSPS) is 12.7. The van der Waals surface area contributed by atoms with E-state index in [0.717, 1.165) is 18.7 Å². The van der Waals surface area contributed by atoms with Gasteiger partial charge in [0.2, 0.25) is 0 Å². The van der Waals surface area contributed by atoms with Crippen LogP contribution < -0.4 is 5.32 Å². The van der Waals surface area contributed by atoms with Crippen LogP contribution in [0.3, 0.4) is 0 Å². The van der Waals surface area contributed by atoms with Crippen molar-refractivity contribution >= 4 is 0 Å². The van der Waals surface area contributed by atoms with Gasteiger partial charge in [-0.3, -0.25) is 4.68 Å². The molecule has 0 radical (unpaired) electrons. The lowest BCUT2D eigenvalue weighted by Crippen LogP contribution is -2.21. The molecule has 1 aromatic carbocycles. The fraction of sp³-hybridized carbons (Fsp3) is 0.471. The molecule has 0 fully saturated rings. The minimum Gasteiger partial charge on any atom is -0.313 e. The van der Waals surface area contributed by atoms with Crippen molar-refractivity contribution in [3.8, 4) is 0 Å². The Bertz CT molecular complexity index is 584. The van der Waals surface area contributed by atoms with Crippen molar-refractivity contribution in [3.05, 3.63) is 52.3 Å². The van der Waals surface area contributed by atoms with Crippen LogP contribution in [0.1, 0.15) is 41.0 Å². The third-order valence-electron chi connectivity index (χ3n) is 3.86. The predicted octanol–water partition coefficient (Wildman–Crippen LogP) is 3.33. The lowest BCUT2D eigenvalue weighted by atomic mass is 9.95. The van der Waals surface area contributed by atoms with Crippen LogP contribution in [0.15, 0.2) is 24.3 Å². The van der Waals surface area contributed by atoms with Gasteiger partial charge in [0, 0.05) is 24.7 Å². The molecule has 3 nitrogen and oxygen atoms in total. The molecule has 1 N–H and O–H groups in total. The third kappa shape index (κ3) is 3.10. The average molecular weight is 271 g/mol. The third-order valence-corrected chi connectivity index (χ3v) is 3.86. The standard InChI is InChI=1S/C17H25N3/c1-6-20-15(10-14(4)19-20)11-17(18-5)16-9-12(2)7-8-13(16)3/h7-10,17-18H,6,11H2,1-5H3. The first-order valence-corrected chi connectivity index (χ1v) is 7.33. The van der Waals surface area contributed by atoms with Crippen molar-refractivity contribution in [2.45, 2.75) is 46.7 Å². The molecule has 0 saturated carbocycles. The maximum atomic E-state index is 4.54. The average Bonchev–Trinajstić information content (AvgIpc) is 2.79. The molecule has 0 aliphatic rings. The number of rotatable bonds is 5. The Hall–Kier alpha value is -1.61. The molecule has 0 saturated heterocycles. The summed E-state index contributed by atoms with van der Waals surface area (Å²) in [5, 5.41) is 7.99. The molecule has 0 spiro atoms. The van der Waals surface area contributed by atoms with Crippen LogP contribution in [-0.4, -0.2) is 16.8 Å². The molecule has 108 valence electrons. The van der Waals surface area contributed by atoms with E-state index in [1.807, 2.05) is 7.05 Å². The van der Waals surface area contributed by atoms with Gasteiger partial charge in [-0.2, -0.15) is 5.10 Å². The SMILES string of the molecule is CCn1nc(C)cc1CC(NC)c1cc(C)ccc1C. The van der Waals surface area contributed by atoms with Crippen LogP contribution >= 0.6 is 0 Å². The molecule has 0 aliphatic carbocycles. The Morgan fingerprint density at radius 2 is 1.95 bits per heavy atom. The number of nitrogens with one attached hydrogen (secondary N) is 1. The zero-order valence-electron chi connectivity index (χ0n) is 13.2. The second-order valence-electron chi connectivity index (χ2n) is 5.50. The Morgan fingerprint density at radius 1 is 1.20 bits per heavy atom. The number of aryl methyl sites for hydroxylation is 4. The Labute approximate surface area is 122 Å². The predicted molar refractivity (Wildman–Crippen MR) is 84.1 cm³/mol. The summed E-state index contributed by atoms with van der Waals surface area (Å²) in [5.41, 5.74) is 6.43. The summed E-state index contributed by atoms with van der Waals surface area (Å²) < 4.78 is 2.10. The van der Waals surface area contributed by atoms with Gasteiger partial charge < -0.3 is 5.32 Å². The molecule has 0 aliphatic heterocycles. The first kappa shape index (κ1) is 14.8. The minimum atomic E-state index is 0.330. The van der Waals surface area contributed by atoms with Crippen LogP contribution in [0, 0.1) is 20.8 Å². The zero-order valence-corrected chi connectivity index (χ0v) is 13.2. The molecule has 1 atom stereocenters. The maximum Gasteiger partial charge on any atom is 0.0596 e.